The first kappa shape index (κ1) is 16.3. The summed E-state index contributed by atoms with van der Waals surface area (Å²) >= 11 is 0. The number of fused-ring (bicyclic) bond motifs is 3. The van der Waals surface area contributed by atoms with Crippen LogP contribution in [0.3, 0.4) is 0 Å². The van der Waals surface area contributed by atoms with Crippen LogP contribution in [0.1, 0.15) is 35.4 Å². The molecule has 0 aromatic heterocycles. The minimum absolute atomic E-state index is 0. The molecule has 1 saturated heterocycles. The molecule has 1 fully saturated rings. The second kappa shape index (κ2) is 6.54. The first-order valence-corrected chi connectivity index (χ1v) is 8.05. The normalized spacial score (nSPS) is 23.0. The Morgan fingerprint density at radius 2 is 1.78 bits per heavy atom. The molecule has 0 spiro atoms. The SMILES string of the molecule is Br.Oc1ccc2c(c1O)CC[C@@H]1[C@@H]2CCN1Cc1ccccc1. The lowest BCUT2D eigenvalue weighted by molar-refractivity contribution is 0.218. The van der Waals surface area contributed by atoms with E-state index in [1.807, 2.05) is 6.07 Å². The van der Waals surface area contributed by atoms with Crippen molar-refractivity contribution in [2.24, 2.45) is 0 Å². The molecule has 2 aliphatic rings. The summed E-state index contributed by atoms with van der Waals surface area (Å²) in [5, 5.41) is 19.8. The molecule has 0 saturated carbocycles. The third-order valence-electron chi connectivity index (χ3n) is 5.28. The summed E-state index contributed by atoms with van der Waals surface area (Å²) in [6.07, 6.45) is 3.04. The maximum atomic E-state index is 10.1. The van der Waals surface area contributed by atoms with Crippen molar-refractivity contribution in [3.8, 4) is 11.5 Å². The predicted molar refractivity (Wildman–Crippen MR) is 96.4 cm³/mol. The molecule has 0 unspecified atom stereocenters. The zero-order valence-corrected chi connectivity index (χ0v) is 14.7. The molecule has 0 radical (unpaired) electrons. The number of rotatable bonds is 2. The second-order valence-electron chi connectivity index (χ2n) is 6.46. The number of aromatic hydroxyl groups is 2. The molecule has 4 rings (SSSR count). The van der Waals surface area contributed by atoms with Crippen LogP contribution in [-0.4, -0.2) is 27.7 Å². The Morgan fingerprint density at radius 1 is 1.00 bits per heavy atom. The molecule has 2 N–H and O–H groups in total. The van der Waals surface area contributed by atoms with Gasteiger partial charge in [-0.15, -0.1) is 17.0 Å². The first-order valence-electron chi connectivity index (χ1n) is 8.05. The summed E-state index contributed by atoms with van der Waals surface area (Å²) in [7, 11) is 0. The third kappa shape index (κ3) is 2.86. The summed E-state index contributed by atoms with van der Waals surface area (Å²) < 4.78 is 0. The van der Waals surface area contributed by atoms with Gasteiger partial charge in [-0.2, -0.15) is 0 Å². The van der Waals surface area contributed by atoms with Crippen molar-refractivity contribution in [1.29, 1.82) is 0 Å². The van der Waals surface area contributed by atoms with Gasteiger partial charge in [0.1, 0.15) is 0 Å². The molecule has 0 amide bonds. The molecule has 122 valence electrons. The Labute approximate surface area is 147 Å². The molecule has 23 heavy (non-hydrogen) atoms. The van der Waals surface area contributed by atoms with Gasteiger partial charge in [0.2, 0.25) is 0 Å². The lowest BCUT2D eigenvalue weighted by Gasteiger charge is -2.33. The van der Waals surface area contributed by atoms with Gasteiger partial charge in [-0.3, -0.25) is 4.90 Å². The lowest BCUT2D eigenvalue weighted by Crippen LogP contribution is -2.34. The number of nitrogens with zero attached hydrogens (tertiary/aromatic N) is 1. The largest absolute Gasteiger partial charge is 0.504 e. The lowest BCUT2D eigenvalue weighted by atomic mass is 9.79. The topological polar surface area (TPSA) is 43.7 Å². The molecule has 1 heterocycles. The van der Waals surface area contributed by atoms with Crippen molar-refractivity contribution in [1.82, 2.24) is 4.90 Å². The molecule has 1 aliphatic carbocycles. The zero-order valence-electron chi connectivity index (χ0n) is 13.0. The molecular weight excluding hydrogens is 354 g/mol. The van der Waals surface area contributed by atoms with Gasteiger partial charge in [-0.05, 0) is 43.0 Å². The fourth-order valence-corrected chi connectivity index (χ4v) is 4.22. The Kier molecular flexibility index (Phi) is 4.64. The van der Waals surface area contributed by atoms with E-state index in [9.17, 15) is 10.2 Å². The van der Waals surface area contributed by atoms with Crippen molar-refractivity contribution in [3.63, 3.8) is 0 Å². The van der Waals surface area contributed by atoms with Gasteiger partial charge < -0.3 is 10.2 Å². The van der Waals surface area contributed by atoms with Crippen molar-refractivity contribution in [2.45, 2.75) is 37.8 Å². The minimum atomic E-state index is 0. The average Bonchev–Trinajstić information content (AvgIpc) is 2.95. The van der Waals surface area contributed by atoms with Gasteiger partial charge in [0.05, 0.1) is 0 Å². The van der Waals surface area contributed by atoms with Crippen LogP contribution in [0, 0.1) is 0 Å². The summed E-state index contributed by atoms with van der Waals surface area (Å²) in [6, 6.07) is 14.8. The predicted octanol–water partition coefficient (Wildman–Crippen LogP) is 3.98. The standard InChI is InChI=1S/C19H21NO2.BrH/c21-18-9-7-14-15-10-11-20(12-13-4-2-1-3-5-13)17(15)8-6-16(14)19(18)22;/h1-5,7,9,15,17,21-22H,6,8,10-12H2;1H/t15-,17-;/m1./s1. The van der Waals surface area contributed by atoms with E-state index in [0.717, 1.165) is 37.9 Å². The number of hydrogen-bond acceptors (Lipinski definition) is 3. The van der Waals surface area contributed by atoms with Gasteiger partial charge in [0, 0.05) is 24.1 Å². The fourth-order valence-electron chi connectivity index (χ4n) is 4.22. The summed E-state index contributed by atoms with van der Waals surface area (Å²) in [5.41, 5.74) is 3.56. The highest BCUT2D eigenvalue weighted by atomic mass is 79.9. The van der Waals surface area contributed by atoms with Crippen LogP contribution in [0.15, 0.2) is 42.5 Å². The molecule has 1 aliphatic heterocycles. The number of phenolic OH excluding ortho intramolecular Hbond substituents is 2. The van der Waals surface area contributed by atoms with Crippen LogP contribution in [0.4, 0.5) is 0 Å². The zero-order chi connectivity index (χ0) is 15.1. The second-order valence-corrected chi connectivity index (χ2v) is 6.46. The van der Waals surface area contributed by atoms with E-state index >= 15 is 0 Å². The first-order chi connectivity index (χ1) is 10.7. The Bertz CT molecular complexity index is 689. The van der Waals surface area contributed by atoms with Crippen LogP contribution in [0.5, 0.6) is 11.5 Å². The molecule has 2 aromatic rings. The van der Waals surface area contributed by atoms with Crippen molar-refractivity contribution in [2.75, 3.05) is 6.54 Å². The maximum Gasteiger partial charge on any atom is 0.160 e. The quantitative estimate of drug-likeness (QED) is 0.780. The average molecular weight is 376 g/mol. The smallest absolute Gasteiger partial charge is 0.160 e. The van der Waals surface area contributed by atoms with E-state index in [-0.39, 0.29) is 28.5 Å². The minimum Gasteiger partial charge on any atom is -0.504 e. The van der Waals surface area contributed by atoms with E-state index in [4.69, 9.17) is 0 Å². The molecule has 3 nitrogen and oxygen atoms in total. The molecular formula is C19H22BrNO2. The van der Waals surface area contributed by atoms with Crippen LogP contribution in [0.25, 0.3) is 0 Å². The van der Waals surface area contributed by atoms with Crippen LogP contribution in [-0.2, 0) is 13.0 Å². The molecule has 4 heteroatoms. The monoisotopic (exact) mass is 375 g/mol. The third-order valence-corrected chi connectivity index (χ3v) is 5.28. The Hall–Kier alpha value is -1.52. The van der Waals surface area contributed by atoms with E-state index in [0.29, 0.717) is 12.0 Å². The van der Waals surface area contributed by atoms with Crippen molar-refractivity contribution < 1.29 is 10.2 Å². The number of phenols is 2. The fraction of sp³-hybridized carbons (Fsp3) is 0.368. The van der Waals surface area contributed by atoms with Gasteiger partial charge in [0.15, 0.2) is 11.5 Å². The summed E-state index contributed by atoms with van der Waals surface area (Å²) in [4.78, 5) is 2.58. The van der Waals surface area contributed by atoms with Crippen LogP contribution >= 0.6 is 17.0 Å². The highest BCUT2D eigenvalue weighted by molar-refractivity contribution is 8.93. The van der Waals surface area contributed by atoms with Gasteiger partial charge in [-0.25, -0.2) is 0 Å². The number of likely N-dealkylation sites (tertiary alicyclic amines) is 1. The van der Waals surface area contributed by atoms with Gasteiger partial charge >= 0.3 is 0 Å². The van der Waals surface area contributed by atoms with Gasteiger partial charge in [-0.1, -0.05) is 36.4 Å². The Balaban J connectivity index is 0.00000156. The van der Waals surface area contributed by atoms with E-state index in [1.165, 1.54) is 11.1 Å². The van der Waals surface area contributed by atoms with Crippen LogP contribution < -0.4 is 0 Å². The van der Waals surface area contributed by atoms with Crippen molar-refractivity contribution >= 4 is 17.0 Å². The van der Waals surface area contributed by atoms with E-state index in [1.54, 1.807) is 6.07 Å². The highest BCUT2D eigenvalue weighted by Crippen LogP contribution is 2.46. The van der Waals surface area contributed by atoms with E-state index in [2.05, 4.69) is 35.2 Å². The number of benzene rings is 2. The molecule has 0 bridgehead atoms. The number of halogens is 1. The molecule has 2 atom stereocenters. The van der Waals surface area contributed by atoms with E-state index < -0.39 is 0 Å². The highest BCUT2D eigenvalue weighted by Gasteiger charge is 2.39. The molecule has 2 aromatic carbocycles. The maximum absolute atomic E-state index is 10.1. The summed E-state index contributed by atoms with van der Waals surface area (Å²) in [5.74, 6) is 0.591. The summed E-state index contributed by atoms with van der Waals surface area (Å²) in [6.45, 7) is 2.10. The Morgan fingerprint density at radius 3 is 2.57 bits per heavy atom. The van der Waals surface area contributed by atoms with Crippen molar-refractivity contribution in [3.05, 3.63) is 59.2 Å². The number of hydrogen-bond donors (Lipinski definition) is 2. The van der Waals surface area contributed by atoms with Gasteiger partial charge in [0.25, 0.3) is 0 Å². The van der Waals surface area contributed by atoms with Crippen LogP contribution in [0.2, 0.25) is 0 Å².